The van der Waals surface area contributed by atoms with Gasteiger partial charge in [0.15, 0.2) is 0 Å². The molecule has 0 bridgehead atoms. The molecule has 1 aliphatic heterocycles. The third-order valence-electron chi connectivity index (χ3n) is 3.66. The minimum Gasteiger partial charge on any atom is -0.367 e. The Morgan fingerprint density at radius 1 is 1.68 bits per heavy atom. The van der Waals surface area contributed by atoms with Crippen molar-refractivity contribution in [1.82, 2.24) is 14.7 Å². The molecule has 106 valence electrons. The first-order valence-electron chi connectivity index (χ1n) is 6.63. The molecule has 0 saturated carbocycles. The number of carbonyl (C=O) groups is 1. The number of ether oxygens (including phenoxy) is 1. The highest BCUT2D eigenvalue weighted by Gasteiger charge is 2.37. The summed E-state index contributed by atoms with van der Waals surface area (Å²) < 4.78 is 7.61. The van der Waals surface area contributed by atoms with E-state index in [1.165, 1.54) is 0 Å². The average molecular weight is 266 g/mol. The summed E-state index contributed by atoms with van der Waals surface area (Å²) >= 11 is 0. The molecule has 2 atom stereocenters. The Morgan fingerprint density at radius 3 is 3.00 bits per heavy atom. The molecule has 0 spiro atoms. The summed E-state index contributed by atoms with van der Waals surface area (Å²) in [6.07, 6.45) is 4.36. The first kappa shape index (κ1) is 14.0. The van der Waals surface area contributed by atoms with E-state index in [4.69, 9.17) is 10.5 Å². The fourth-order valence-electron chi connectivity index (χ4n) is 2.34. The third-order valence-corrected chi connectivity index (χ3v) is 3.66. The number of carbonyl (C=O) groups excluding carboxylic acids is 1. The minimum absolute atomic E-state index is 0.000848. The predicted molar refractivity (Wildman–Crippen MR) is 71.4 cm³/mol. The summed E-state index contributed by atoms with van der Waals surface area (Å²) in [5.41, 5.74) is 6.31. The molecule has 0 aromatic carbocycles. The fourth-order valence-corrected chi connectivity index (χ4v) is 2.34. The highest BCUT2D eigenvalue weighted by molar-refractivity contribution is 5.81. The van der Waals surface area contributed by atoms with Crippen molar-refractivity contribution in [3.05, 3.63) is 18.0 Å². The lowest BCUT2D eigenvalue weighted by Gasteiger charge is -2.40. The van der Waals surface area contributed by atoms with E-state index in [0.717, 1.165) is 5.56 Å². The van der Waals surface area contributed by atoms with E-state index < -0.39 is 11.6 Å². The van der Waals surface area contributed by atoms with Gasteiger partial charge in [-0.3, -0.25) is 9.48 Å². The Hall–Kier alpha value is -1.40. The molecule has 0 radical (unpaired) electrons. The van der Waals surface area contributed by atoms with Gasteiger partial charge in [0, 0.05) is 25.4 Å². The van der Waals surface area contributed by atoms with Gasteiger partial charge in [-0.25, -0.2) is 0 Å². The van der Waals surface area contributed by atoms with E-state index in [0.29, 0.717) is 26.1 Å². The van der Waals surface area contributed by atoms with Gasteiger partial charge >= 0.3 is 0 Å². The number of hydrogen-bond acceptors (Lipinski definition) is 4. The number of aryl methyl sites for hydroxylation is 1. The van der Waals surface area contributed by atoms with Crippen LogP contribution in [0.1, 0.15) is 25.8 Å². The summed E-state index contributed by atoms with van der Waals surface area (Å²) in [5.74, 6) is 0.000848. The largest absolute Gasteiger partial charge is 0.367 e. The van der Waals surface area contributed by atoms with Gasteiger partial charge in [-0.15, -0.1) is 0 Å². The Labute approximate surface area is 113 Å². The Kier molecular flexibility index (Phi) is 3.91. The van der Waals surface area contributed by atoms with Gasteiger partial charge in [0.05, 0.1) is 25.4 Å². The summed E-state index contributed by atoms with van der Waals surface area (Å²) in [6.45, 7) is 5.55. The van der Waals surface area contributed by atoms with Gasteiger partial charge in [0.25, 0.3) is 0 Å². The predicted octanol–water partition coefficient (Wildman–Crippen LogP) is 0.231. The number of amides is 1. The molecule has 2 heterocycles. The second-order valence-corrected chi connectivity index (χ2v) is 5.26. The molecule has 1 unspecified atom stereocenters. The minimum atomic E-state index is -0.504. The maximum atomic E-state index is 12.2. The molecular weight excluding hydrogens is 244 g/mol. The van der Waals surface area contributed by atoms with Crippen molar-refractivity contribution in [2.24, 2.45) is 12.8 Å². The zero-order valence-electron chi connectivity index (χ0n) is 11.8. The molecule has 6 heteroatoms. The van der Waals surface area contributed by atoms with Crippen LogP contribution in [0.4, 0.5) is 0 Å². The number of aromatic nitrogens is 2. The van der Waals surface area contributed by atoms with E-state index in [1.54, 1.807) is 15.8 Å². The first-order chi connectivity index (χ1) is 8.96. The standard InChI is InChI=1S/C13H22N4O2/c1-4-11(14)12(18)17-5-6-19-13(2,9-17)10-7-15-16(3)8-10/h7-8,11H,4-6,9,14H2,1-3H3/t11-,13?/m0/s1. The molecule has 0 aliphatic carbocycles. The number of hydrogen-bond donors (Lipinski definition) is 1. The maximum absolute atomic E-state index is 12.2. The average Bonchev–Trinajstić information content (AvgIpc) is 2.84. The van der Waals surface area contributed by atoms with Gasteiger partial charge in [-0.05, 0) is 13.3 Å². The van der Waals surface area contributed by atoms with Gasteiger partial charge in [-0.1, -0.05) is 6.92 Å². The number of nitrogens with two attached hydrogens (primary N) is 1. The molecule has 2 N–H and O–H groups in total. The molecule has 19 heavy (non-hydrogen) atoms. The van der Waals surface area contributed by atoms with Crippen molar-refractivity contribution in [2.45, 2.75) is 31.9 Å². The van der Waals surface area contributed by atoms with Gasteiger partial charge in [0.2, 0.25) is 5.91 Å². The Balaban J connectivity index is 2.14. The Bertz CT molecular complexity index is 459. The third kappa shape index (κ3) is 2.79. The molecule has 1 fully saturated rings. The van der Waals surface area contributed by atoms with Gasteiger partial charge in [-0.2, -0.15) is 5.10 Å². The van der Waals surface area contributed by atoms with E-state index in [2.05, 4.69) is 5.10 Å². The van der Waals surface area contributed by atoms with Crippen molar-refractivity contribution >= 4 is 5.91 Å². The van der Waals surface area contributed by atoms with Crippen LogP contribution in [0.5, 0.6) is 0 Å². The number of morpholine rings is 1. The zero-order chi connectivity index (χ0) is 14.0. The van der Waals surface area contributed by atoms with Crippen LogP contribution in [-0.4, -0.2) is 46.3 Å². The zero-order valence-corrected chi connectivity index (χ0v) is 11.8. The lowest BCUT2D eigenvalue weighted by Crippen LogP contribution is -2.54. The normalized spacial score (nSPS) is 25.4. The van der Waals surface area contributed by atoms with Crippen LogP contribution in [-0.2, 0) is 22.2 Å². The van der Waals surface area contributed by atoms with Crippen LogP contribution >= 0.6 is 0 Å². The Morgan fingerprint density at radius 2 is 2.42 bits per heavy atom. The van der Waals surface area contributed by atoms with Crippen LogP contribution in [0.2, 0.25) is 0 Å². The van der Waals surface area contributed by atoms with Crippen molar-refractivity contribution in [3.8, 4) is 0 Å². The smallest absolute Gasteiger partial charge is 0.239 e. The van der Waals surface area contributed by atoms with Crippen LogP contribution in [0.3, 0.4) is 0 Å². The fraction of sp³-hybridized carbons (Fsp3) is 0.692. The van der Waals surface area contributed by atoms with E-state index in [9.17, 15) is 4.79 Å². The van der Waals surface area contributed by atoms with Gasteiger partial charge in [0.1, 0.15) is 5.60 Å². The molecule has 1 amide bonds. The highest BCUT2D eigenvalue weighted by atomic mass is 16.5. The van der Waals surface area contributed by atoms with E-state index in [1.807, 2.05) is 27.1 Å². The van der Waals surface area contributed by atoms with E-state index >= 15 is 0 Å². The first-order valence-corrected chi connectivity index (χ1v) is 6.63. The number of rotatable bonds is 3. The van der Waals surface area contributed by atoms with Crippen molar-refractivity contribution in [3.63, 3.8) is 0 Å². The van der Waals surface area contributed by atoms with Crippen LogP contribution in [0.25, 0.3) is 0 Å². The molecule has 1 aliphatic rings. The van der Waals surface area contributed by atoms with Crippen LogP contribution in [0, 0.1) is 0 Å². The van der Waals surface area contributed by atoms with Crippen molar-refractivity contribution in [1.29, 1.82) is 0 Å². The van der Waals surface area contributed by atoms with E-state index in [-0.39, 0.29) is 5.91 Å². The lowest BCUT2D eigenvalue weighted by molar-refractivity contribution is -0.151. The molecule has 1 aromatic rings. The number of nitrogens with zero attached hydrogens (tertiary/aromatic N) is 3. The molecular formula is C13H22N4O2. The topological polar surface area (TPSA) is 73.4 Å². The molecule has 2 rings (SSSR count). The monoisotopic (exact) mass is 266 g/mol. The van der Waals surface area contributed by atoms with Crippen LogP contribution < -0.4 is 5.73 Å². The lowest BCUT2D eigenvalue weighted by atomic mass is 9.96. The summed E-state index contributed by atoms with van der Waals surface area (Å²) in [6, 6.07) is -0.420. The SMILES string of the molecule is CC[C@H](N)C(=O)N1CCOC(C)(c2cnn(C)c2)C1. The highest BCUT2D eigenvalue weighted by Crippen LogP contribution is 2.29. The maximum Gasteiger partial charge on any atom is 0.239 e. The molecule has 1 saturated heterocycles. The summed E-state index contributed by atoms with van der Waals surface area (Å²) in [5, 5.41) is 4.17. The van der Waals surface area contributed by atoms with Gasteiger partial charge < -0.3 is 15.4 Å². The molecule has 1 aromatic heterocycles. The second-order valence-electron chi connectivity index (χ2n) is 5.26. The molecule has 6 nitrogen and oxygen atoms in total. The second kappa shape index (κ2) is 5.30. The summed E-state index contributed by atoms with van der Waals surface area (Å²) in [7, 11) is 1.87. The van der Waals surface area contributed by atoms with Crippen molar-refractivity contribution in [2.75, 3.05) is 19.7 Å². The quantitative estimate of drug-likeness (QED) is 0.850. The van der Waals surface area contributed by atoms with Crippen LogP contribution in [0.15, 0.2) is 12.4 Å². The summed E-state index contributed by atoms with van der Waals surface area (Å²) in [4.78, 5) is 14.0. The van der Waals surface area contributed by atoms with Crippen molar-refractivity contribution < 1.29 is 9.53 Å².